The van der Waals surface area contributed by atoms with Gasteiger partial charge in [0.25, 0.3) is 10.0 Å². The Morgan fingerprint density at radius 1 is 1.24 bits per heavy atom. The maximum Gasteiger partial charge on any atom is 0.412 e. The Balaban J connectivity index is 2.79. The van der Waals surface area contributed by atoms with E-state index in [-0.39, 0.29) is 4.90 Å². The molecule has 0 radical (unpaired) electrons. The molecule has 1 amide bonds. The molecule has 1 unspecified atom stereocenters. The van der Waals surface area contributed by atoms with Gasteiger partial charge in [-0.05, 0) is 45.0 Å². The maximum absolute atomic E-state index is 11.6. The number of sulfonamides is 1. The van der Waals surface area contributed by atoms with E-state index in [2.05, 4.69) is 5.32 Å². The van der Waals surface area contributed by atoms with Gasteiger partial charge in [-0.1, -0.05) is 0 Å². The van der Waals surface area contributed by atoms with Crippen molar-refractivity contribution in [2.24, 2.45) is 0 Å². The van der Waals surface area contributed by atoms with Crippen molar-refractivity contribution in [1.29, 1.82) is 0 Å². The number of carbonyl (C=O) groups is 1. The Morgan fingerprint density at radius 2 is 1.76 bits per heavy atom. The minimum Gasteiger partial charge on any atom is -0.444 e. The predicted molar refractivity (Wildman–Crippen MR) is 77.4 cm³/mol. The van der Waals surface area contributed by atoms with Crippen molar-refractivity contribution in [2.75, 3.05) is 5.32 Å². The lowest BCUT2D eigenvalue weighted by Crippen LogP contribution is -2.27. The number of hydrogen-bond donors (Lipinski definition) is 3. The molecule has 118 valence electrons. The topological polar surface area (TPSA) is 122 Å². The molecular formula is C11H16N2O6S2. The molecule has 3 N–H and O–H groups in total. The first kappa shape index (κ1) is 17.6. The Labute approximate surface area is 125 Å². The lowest BCUT2D eigenvalue weighted by atomic mass is 10.2. The van der Waals surface area contributed by atoms with Crippen LogP contribution in [0, 0.1) is 0 Å². The SMILES string of the molecule is CC(C)(C)OC(=O)Nc1ccc(S(=O)(=O)NS(=O)O)cc1. The fourth-order valence-electron chi connectivity index (χ4n) is 1.28. The van der Waals surface area contributed by atoms with Crippen LogP contribution in [0.1, 0.15) is 20.8 Å². The second-order valence-corrected chi connectivity index (χ2v) is 7.63. The van der Waals surface area contributed by atoms with Gasteiger partial charge in [0.05, 0.1) is 4.90 Å². The number of benzene rings is 1. The average molecular weight is 336 g/mol. The molecule has 0 spiro atoms. The van der Waals surface area contributed by atoms with Gasteiger partial charge in [-0.3, -0.25) is 9.87 Å². The van der Waals surface area contributed by atoms with Gasteiger partial charge >= 0.3 is 6.09 Å². The molecule has 0 bridgehead atoms. The van der Waals surface area contributed by atoms with Crippen molar-refractivity contribution in [3.63, 3.8) is 0 Å². The van der Waals surface area contributed by atoms with E-state index in [0.717, 1.165) is 0 Å². The zero-order chi connectivity index (χ0) is 16.3. The van der Waals surface area contributed by atoms with E-state index in [1.54, 1.807) is 20.8 Å². The number of rotatable bonds is 4. The van der Waals surface area contributed by atoms with E-state index < -0.39 is 33.0 Å². The Bertz CT molecular complexity index is 634. The van der Waals surface area contributed by atoms with Crippen molar-refractivity contribution in [2.45, 2.75) is 31.3 Å². The molecule has 1 aromatic rings. The van der Waals surface area contributed by atoms with Crippen molar-refractivity contribution in [1.82, 2.24) is 4.13 Å². The lowest BCUT2D eigenvalue weighted by molar-refractivity contribution is 0.0636. The minimum atomic E-state index is -4.08. The van der Waals surface area contributed by atoms with Crippen LogP contribution in [0.25, 0.3) is 0 Å². The minimum absolute atomic E-state index is 0.209. The van der Waals surface area contributed by atoms with Crippen LogP contribution < -0.4 is 9.44 Å². The van der Waals surface area contributed by atoms with Gasteiger partial charge in [0.15, 0.2) is 0 Å². The molecule has 0 saturated heterocycles. The monoisotopic (exact) mass is 336 g/mol. The van der Waals surface area contributed by atoms with E-state index in [1.807, 2.05) is 0 Å². The first-order chi connectivity index (χ1) is 9.49. The zero-order valence-electron chi connectivity index (χ0n) is 11.6. The highest BCUT2D eigenvalue weighted by atomic mass is 32.3. The quantitative estimate of drug-likeness (QED) is 0.715. The average Bonchev–Trinajstić information content (AvgIpc) is 2.24. The van der Waals surface area contributed by atoms with Crippen LogP contribution >= 0.6 is 0 Å². The van der Waals surface area contributed by atoms with Gasteiger partial charge < -0.3 is 4.74 Å². The molecule has 10 heteroatoms. The van der Waals surface area contributed by atoms with Crippen LogP contribution in [0.2, 0.25) is 0 Å². The Kier molecular flexibility index (Phi) is 5.45. The van der Waals surface area contributed by atoms with Gasteiger partial charge in [-0.2, -0.15) is 0 Å². The summed E-state index contributed by atoms with van der Waals surface area (Å²) in [7, 11) is -4.08. The molecule has 8 nitrogen and oxygen atoms in total. The van der Waals surface area contributed by atoms with Crippen LogP contribution in [0.3, 0.4) is 0 Å². The normalized spacial score (nSPS) is 13.5. The molecule has 1 rings (SSSR count). The van der Waals surface area contributed by atoms with E-state index in [0.29, 0.717) is 5.69 Å². The van der Waals surface area contributed by atoms with Gasteiger partial charge in [0, 0.05) is 5.69 Å². The van der Waals surface area contributed by atoms with Gasteiger partial charge in [-0.25, -0.2) is 17.4 Å². The van der Waals surface area contributed by atoms with Gasteiger partial charge in [0.2, 0.25) is 11.3 Å². The number of nitrogens with one attached hydrogen (secondary N) is 2. The third kappa shape index (κ3) is 6.21. The second-order valence-electron chi connectivity index (χ2n) is 4.99. The molecular weight excluding hydrogens is 320 g/mol. The van der Waals surface area contributed by atoms with Crippen LogP contribution in [0.15, 0.2) is 29.2 Å². The maximum atomic E-state index is 11.6. The summed E-state index contributed by atoms with van der Waals surface area (Å²) in [5, 5.41) is 2.43. The van der Waals surface area contributed by atoms with Gasteiger partial charge in [0.1, 0.15) is 5.60 Å². The molecule has 1 aromatic carbocycles. The fraction of sp³-hybridized carbons (Fsp3) is 0.364. The number of anilines is 1. The second kappa shape index (κ2) is 6.52. The first-order valence-electron chi connectivity index (χ1n) is 5.73. The Hall–Kier alpha value is -1.49. The predicted octanol–water partition coefficient (Wildman–Crippen LogP) is 1.45. The van der Waals surface area contributed by atoms with Crippen molar-refractivity contribution in [3.8, 4) is 0 Å². The summed E-state index contributed by atoms with van der Waals surface area (Å²) in [6, 6.07) is 5.03. The molecule has 0 aliphatic heterocycles. The van der Waals surface area contributed by atoms with Crippen molar-refractivity contribution < 1.29 is 26.7 Å². The number of amides is 1. The largest absolute Gasteiger partial charge is 0.444 e. The highest BCUT2D eigenvalue weighted by Gasteiger charge is 2.18. The number of carbonyl (C=O) groups excluding carboxylic acids is 1. The van der Waals surface area contributed by atoms with Crippen LogP contribution in [0.5, 0.6) is 0 Å². The van der Waals surface area contributed by atoms with Crippen LogP contribution in [0.4, 0.5) is 10.5 Å². The number of ether oxygens (including phenoxy) is 1. The van der Waals surface area contributed by atoms with E-state index in [1.165, 1.54) is 28.4 Å². The zero-order valence-corrected chi connectivity index (χ0v) is 13.2. The summed E-state index contributed by atoms with van der Waals surface area (Å²) in [6.45, 7) is 5.13. The summed E-state index contributed by atoms with van der Waals surface area (Å²) in [5.41, 5.74) is -0.323. The molecule has 0 aliphatic rings. The summed E-state index contributed by atoms with van der Waals surface area (Å²) < 4.78 is 48.7. The summed E-state index contributed by atoms with van der Waals surface area (Å²) >= 11 is -2.69. The van der Waals surface area contributed by atoms with Crippen molar-refractivity contribution >= 4 is 33.1 Å². The fourth-order valence-corrected chi connectivity index (χ4v) is 2.91. The van der Waals surface area contributed by atoms with E-state index in [9.17, 15) is 17.4 Å². The highest BCUT2D eigenvalue weighted by molar-refractivity contribution is 8.00. The first-order valence-corrected chi connectivity index (χ1v) is 8.32. The Morgan fingerprint density at radius 3 is 2.19 bits per heavy atom. The summed E-state index contributed by atoms with van der Waals surface area (Å²) in [6.07, 6.45) is -0.673. The molecule has 0 heterocycles. The lowest BCUT2D eigenvalue weighted by Gasteiger charge is -2.19. The van der Waals surface area contributed by atoms with Crippen molar-refractivity contribution in [3.05, 3.63) is 24.3 Å². The van der Waals surface area contributed by atoms with E-state index >= 15 is 0 Å². The molecule has 0 aromatic heterocycles. The summed E-state index contributed by atoms with van der Waals surface area (Å²) in [4.78, 5) is 11.3. The smallest absolute Gasteiger partial charge is 0.412 e. The van der Waals surface area contributed by atoms with Gasteiger partial charge in [-0.15, -0.1) is 4.13 Å². The summed E-state index contributed by atoms with van der Waals surface area (Å²) in [5.74, 6) is 0. The third-order valence-electron chi connectivity index (χ3n) is 1.99. The molecule has 1 atom stereocenters. The molecule has 0 aliphatic carbocycles. The molecule has 21 heavy (non-hydrogen) atoms. The molecule has 0 saturated carbocycles. The standard InChI is InChI=1S/C11H16N2O6S2/c1-11(2,3)19-10(14)12-8-4-6-9(7-5-8)21(17,18)13-20(15)16/h4-7,13H,1-3H3,(H,12,14)(H,15,16). The molecule has 0 fully saturated rings. The third-order valence-corrected chi connectivity index (χ3v) is 4.33. The number of hydrogen-bond acceptors (Lipinski definition) is 5. The van der Waals surface area contributed by atoms with Crippen LogP contribution in [-0.2, 0) is 26.0 Å². The highest BCUT2D eigenvalue weighted by Crippen LogP contribution is 2.15. The van der Waals surface area contributed by atoms with Crippen LogP contribution in [-0.4, -0.2) is 28.9 Å². The van der Waals surface area contributed by atoms with E-state index in [4.69, 9.17) is 9.29 Å².